The Kier molecular flexibility index (Phi) is 5.40. The van der Waals surface area contributed by atoms with Crippen molar-refractivity contribution < 1.29 is 24.0 Å². The Bertz CT molecular complexity index is 1050. The van der Waals surface area contributed by atoms with Gasteiger partial charge in [0.15, 0.2) is 0 Å². The molecule has 4 amide bonds. The van der Waals surface area contributed by atoms with E-state index in [0.29, 0.717) is 16.2 Å². The lowest BCUT2D eigenvalue weighted by Gasteiger charge is -2.26. The third kappa shape index (κ3) is 3.86. The van der Waals surface area contributed by atoms with Gasteiger partial charge in [-0.25, -0.2) is 9.69 Å². The zero-order chi connectivity index (χ0) is 20.4. The lowest BCUT2D eigenvalue weighted by atomic mass is 10.1. The quantitative estimate of drug-likeness (QED) is 0.230. The summed E-state index contributed by atoms with van der Waals surface area (Å²) in [5, 5.41) is 13.0. The molecule has 2 aromatic carbocycles. The fourth-order valence-electron chi connectivity index (χ4n) is 2.59. The third-order valence-electron chi connectivity index (χ3n) is 3.84. The van der Waals surface area contributed by atoms with Crippen LogP contribution in [0.4, 0.5) is 16.2 Å². The summed E-state index contributed by atoms with van der Waals surface area (Å²) < 4.78 is 5.99. The number of rotatable bonds is 4. The highest BCUT2D eigenvalue weighted by Crippen LogP contribution is 2.26. The highest BCUT2D eigenvalue weighted by atomic mass is 127. The number of urea groups is 1. The van der Waals surface area contributed by atoms with Crippen molar-refractivity contribution >= 4 is 57.9 Å². The van der Waals surface area contributed by atoms with E-state index in [9.17, 15) is 24.5 Å². The van der Waals surface area contributed by atoms with Crippen LogP contribution in [0.3, 0.4) is 0 Å². The number of hydrogen-bond acceptors (Lipinski definition) is 6. The molecule has 28 heavy (non-hydrogen) atoms. The van der Waals surface area contributed by atoms with E-state index in [1.54, 1.807) is 18.2 Å². The number of nitro benzene ring substituents is 1. The molecule has 1 heterocycles. The average Bonchev–Trinajstić information content (AvgIpc) is 2.64. The number of ether oxygens (including phenoxy) is 1. The summed E-state index contributed by atoms with van der Waals surface area (Å²) in [5.41, 5.74) is -0.0658. The van der Waals surface area contributed by atoms with E-state index in [0.717, 1.165) is 9.64 Å². The molecular weight excluding hydrogens is 481 g/mol. The van der Waals surface area contributed by atoms with Gasteiger partial charge >= 0.3 is 6.03 Å². The van der Waals surface area contributed by atoms with Crippen LogP contribution in [0.25, 0.3) is 6.08 Å². The zero-order valence-electron chi connectivity index (χ0n) is 14.3. The maximum atomic E-state index is 12.8. The van der Waals surface area contributed by atoms with Crippen molar-refractivity contribution in [2.24, 2.45) is 0 Å². The number of barbiturate groups is 1. The second-order valence-corrected chi connectivity index (χ2v) is 6.90. The third-order valence-corrected chi connectivity index (χ3v) is 4.46. The summed E-state index contributed by atoms with van der Waals surface area (Å²) >= 11 is 2.06. The highest BCUT2D eigenvalue weighted by Gasteiger charge is 2.37. The number of non-ortho nitro benzene ring substituents is 1. The first-order valence-corrected chi connectivity index (χ1v) is 8.88. The number of hydrogen-bond donors (Lipinski definition) is 1. The van der Waals surface area contributed by atoms with Crippen molar-refractivity contribution in [2.45, 2.75) is 0 Å². The largest absolute Gasteiger partial charge is 0.497 e. The molecule has 9 nitrogen and oxygen atoms in total. The molecule has 1 aliphatic heterocycles. The summed E-state index contributed by atoms with van der Waals surface area (Å²) in [6.45, 7) is 0. The molecule has 1 fully saturated rings. The molecule has 0 bridgehead atoms. The average molecular weight is 493 g/mol. The van der Waals surface area contributed by atoms with Crippen LogP contribution in [0.1, 0.15) is 5.56 Å². The molecule has 0 unspecified atom stereocenters. The lowest BCUT2D eigenvalue weighted by Crippen LogP contribution is -2.54. The molecule has 1 saturated heterocycles. The van der Waals surface area contributed by atoms with Crippen molar-refractivity contribution in [1.82, 2.24) is 5.32 Å². The van der Waals surface area contributed by atoms with Gasteiger partial charge in [0.2, 0.25) is 0 Å². The Morgan fingerprint density at radius 3 is 2.61 bits per heavy atom. The summed E-state index contributed by atoms with van der Waals surface area (Å²) in [6.07, 6.45) is 1.33. The number of carbonyl (C=O) groups is 3. The molecule has 10 heteroatoms. The van der Waals surface area contributed by atoms with Crippen LogP contribution in [-0.4, -0.2) is 29.9 Å². The number of nitrogens with one attached hydrogen (secondary N) is 1. The standard InChI is InChI=1S/C18H12IN3O6/c1-28-14-6-10(5-11(19)8-14)7-15-16(23)20-18(25)21(17(15)24)12-3-2-4-13(9-12)22(26)27/h2-9H,1H3,(H,20,23,25)/b15-7+. The molecule has 142 valence electrons. The van der Waals surface area contributed by atoms with Crippen molar-refractivity contribution in [2.75, 3.05) is 12.0 Å². The van der Waals surface area contributed by atoms with Gasteiger partial charge in [0.25, 0.3) is 17.5 Å². The van der Waals surface area contributed by atoms with E-state index < -0.39 is 22.8 Å². The predicted molar refractivity (Wildman–Crippen MR) is 108 cm³/mol. The van der Waals surface area contributed by atoms with Gasteiger partial charge in [0.1, 0.15) is 11.3 Å². The van der Waals surface area contributed by atoms with Crippen molar-refractivity contribution in [1.29, 1.82) is 0 Å². The minimum atomic E-state index is -0.979. The topological polar surface area (TPSA) is 119 Å². The normalized spacial score (nSPS) is 15.6. The molecule has 0 aliphatic carbocycles. The molecule has 0 atom stereocenters. The van der Waals surface area contributed by atoms with E-state index in [1.165, 1.54) is 31.4 Å². The first-order valence-electron chi connectivity index (χ1n) is 7.80. The Morgan fingerprint density at radius 2 is 1.93 bits per heavy atom. The van der Waals surface area contributed by atoms with Crippen molar-refractivity contribution in [3.8, 4) is 5.75 Å². The van der Waals surface area contributed by atoms with E-state index in [4.69, 9.17) is 4.74 Å². The Balaban J connectivity index is 2.04. The Morgan fingerprint density at radius 1 is 1.18 bits per heavy atom. The fourth-order valence-corrected chi connectivity index (χ4v) is 3.26. The SMILES string of the molecule is COc1cc(I)cc(/C=C2\C(=O)NC(=O)N(c3cccc([N+](=O)[O-])c3)C2=O)c1. The van der Waals surface area contributed by atoms with Crippen LogP contribution in [-0.2, 0) is 9.59 Å². The van der Waals surface area contributed by atoms with Crippen LogP contribution in [0.2, 0.25) is 0 Å². The number of methoxy groups -OCH3 is 1. The lowest BCUT2D eigenvalue weighted by molar-refractivity contribution is -0.384. The number of amides is 4. The summed E-state index contributed by atoms with van der Waals surface area (Å²) in [4.78, 5) is 48.3. The number of nitro groups is 1. The van der Waals surface area contributed by atoms with Gasteiger partial charge in [-0.05, 0) is 58.5 Å². The maximum absolute atomic E-state index is 12.8. The molecule has 0 radical (unpaired) electrons. The number of carbonyl (C=O) groups excluding carboxylic acids is 3. The summed E-state index contributed by atoms with van der Waals surface area (Å²) in [5.74, 6) is -1.20. The molecule has 0 aromatic heterocycles. The smallest absolute Gasteiger partial charge is 0.335 e. The van der Waals surface area contributed by atoms with E-state index in [1.807, 2.05) is 0 Å². The van der Waals surface area contributed by atoms with E-state index >= 15 is 0 Å². The molecule has 3 rings (SSSR count). The zero-order valence-corrected chi connectivity index (χ0v) is 16.5. The highest BCUT2D eigenvalue weighted by molar-refractivity contribution is 14.1. The van der Waals surface area contributed by atoms with Crippen LogP contribution in [0.5, 0.6) is 5.75 Å². The molecule has 0 spiro atoms. The van der Waals surface area contributed by atoms with Crippen LogP contribution < -0.4 is 15.0 Å². The number of halogens is 1. The van der Waals surface area contributed by atoms with Gasteiger partial charge in [0, 0.05) is 15.7 Å². The van der Waals surface area contributed by atoms with Crippen LogP contribution in [0, 0.1) is 13.7 Å². The van der Waals surface area contributed by atoms with Gasteiger partial charge in [-0.15, -0.1) is 0 Å². The van der Waals surface area contributed by atoms with Gasteiger partial charge in [-0.3, -0.25) is 25.0 Å². The molecule has 0 saturated carbocycles. The van der Waals surface area contributed by atoms with Gasteiger partial charge in [-0.2, -0.15) is 0 Å². The van der Waals surface area contributed by atoms with Gasteiger partial charge in [0.05, 0.1) is 17.7 Å². The van der Waals surface area contributed by atoms with Crippen LogP contribution in [0.15, 0.2) is 48.0 Å². The fraction of sp³-hybridized carbons (Fsp3) is 0.0556. The van der Waals surface area contributed by atoms with Gasteiger partial charge in [-0.1, -0.05) is 6.07 Å². The minimum Gasteiger partial charge on any atom is -0.497 e. The first-order chi connectivity index (χ1) is 13.3. The maximum Gasteiger partial charge on any atom is 0.335 e. The number of benzene rings is 2. The number of nitrogens with zero attached hydrogens (tertiary/aromatic N) is 2. The summed E-state index contributed by atoms with van der Waals surface area (Å²) in [6, 6.07) is 9.17. The Labute approximate surface area is 172 Å². The van der Waals surface area contributed by atoms with E-state index in [-0.39, 0.29) is 16.9 Å². The first kappa shape index (κ1) is 19.5. The van der Waals surface area contributed by atoms with Crippen LogP contribution >= 0.6 is 22.6 Å². The molecule has 2 aromatic rings. The molecular formula is C18H12IN3O6. The number of anilines is 1. The van der Waals surface area contributed by atoms with Crippen molar-refractivity contribution in [3.63, 3.8) is 0 Å². The molecule has 1 N–H and O–H groups in total. The predicted octanol–water partition coefficient (Wildman–Crippen LogP) is 2.87. The molecule has 1 aliphatic rings. The van der Waals surface area contributed by atoms with Gasteiger partial charge < -0.3 is 4.74 Å². The second-order valence-electron chi connectivity index (χ2n) is 5.66. The Hall–Kier alpha value is -3.28. The monoisotopic (exact) mass is 493 g/mol. The summed E-state index contributed by atoms with van der Waals surface area (Å²) in [7, 11) is 1.49. The minimum absolute atomic E-state index is 0.0182. The van der Waals surface area contributed by atoms with Crippen molar-refractivity contribution in [3.05, 3.63) is 67.3 Å². The van der Waals surface area contributed by atoms with E-state index in [2.05, 4.69) is 27.9 Å². The second kappa shape index (κ2) is 7.76. The number of imide groups is 2.